The van der Waals surface area contributed by atoms with Gasteiger partial charge in [-0.1, -0.05) is 11.6 Å². The average Bonchev–Trinajstić information content (AvgIpc) is 2.42. The van der Waals surface area contributed by atoms with Gasteiger partial charge in [-0.25, -0.2) is 0 Å². The van der Waals surface area contributed by atoms with Gasteiger partial charge >= 0.3 is 0 Å². The zero-order valence-electron chi connectivity index (χ0n) is 9.89. The van der Waals surface area contributed by atoms with E-state index in [1.165, 1.54) is 0 Å². The summed E-state index contributed by atoms with van der Waals surface area (Å²) >= 11 is 5.73. The lowest BCUT2D eigenvalue weighted by atomic mass is 9.99. The summed E-state index contributed by atoms with van der Waals surface area (Å²) in [6.07, 6.45) is -6.45. The molecule has 1 fully saturated rings. The normalized spacial score (nSPS) is 35.1. The van der Waals surface area contributed by atoms with Crippen molar-refractivity contribution in [1.82, 2.24) is 0 Å². The number of rotatable bonds is 3. The third-order valence-electron chi connectivity index (χ3n) is 2.91. The number of ether oxygens (including phenoxy) is 2. The van der Waals surface area contributed by atoms with Crippen molar-refractivity contribution in [1.29, 1.82) is 0 Å². The van der Waals surface area contributed by atoms with Gasteiger partial charge in [-0.05, 0) is 24.3 Å². The van der Waals surface area contributed by atoms with Crippen molar-refractivity contribution in [2.24, 2.45) is 0 Å². The number of hydrogen-bond donors (Lipinski definition) is 4. The highest BCUT2D eigenvalue weighted by Crippen LogP contribution is 2.24. The highest BCUT2D eigenvalue weighted by atomic mass is 35.5. The van der Waals surface area contributed by atoms with E-state index in [2.05, 4.69) is 0 Å². The Bertz CT molecular complexity index is 409. The van der Waals surface area contributed by atoms with Gasteiger partial charge in [-0.3, -0.25) is 0 Å². The molecule has 106 valence electrons. The molecule has 0 unspecified atom stereocenters. The van der Waals surface area contributed by atoms with E-state index in [1.807, 2.05) is 0 Å². The summed E-state index contributed by atoms with van der Waals surface area (Å²) in [6, 6.07) is 6.34. The van der Waals surface area contributed by atoms with Gasteiger partial charge in [0.2, 0.25) is 6.29 Å². The van der Waals surface area contributed by atoms with E-state index in [0.29, 0.717) is 10.8 Å². The Morgan fingerprint density at radius 1 is 1.05 bits per heavy atom. The maximum atomic E-state index is 9.77. The lowest BCUT2D eigenvalue weighted by molar-refractivity contribution is -0.277. The first-order valence-corrected chi connectivity index (χ1v) is 6.13. The molecule has 4 N–H and O–H groups in total. The molecule has 0 aliphatic carbocycles. The summed E-state index contributed by atoms with van der Waals surface area (Å²) in [7, 11) is 0. The minimum absolute atomic E-state index is 0.383. The Labute approximate surface area is 114 Å². The monoisotopic (exact) mass is 290 g/mol. The van der Waals surface area contributed by atoms with E-state index in [1.54, 1.807) is 24.3 Å². The van der Waals surface area contributed by atoms with Crippen LogP contribution in [-0.4, -0.2) is 57.7 Å². The van der Waals surface area contributed by atoms with Crippen LogP contribution in [0.5, 0.6) is 5.75 Å². The molecule has 0 aromatic heterocycles. The van der Waals surface area contributed by atoms with Crippen LogP contribution >= 0.6 is 11.6 Å². The summed E-state index contributed by atoms with van der Waals surface area (Å²) < 4.78 is 10.6. The minimum atomic E-state index is -1.46. The number of hydrogen-bond acceptors (Lipinski definition) is 6. The van der Waals surface area contributed by atoms with E-state index >= 15 is 0 Å². The second-order valence-corrected chi connectivity index (χ2v) is 4.71. The maximum Gasteiger partial charge on any atom is 0.229 e. The molecule has 1 saturated heterocycles. The van der Waals surface area contributed by atoms with Gasteiger partial charge in [0.05, 0.1) is 6.61 Å². The van der Waals surface area contributed by atoms with Crippen LogP contribution in [0.15, 0.2) is 24.3 Å². The average molecular weight is 291 g/mol. The van der Waals surface area contributed by atoms with Crippen molar-refractivity contribution in [3.05, 3.63) is 29.3 Å². The van der Waals surface area contributed by atoms with E-state index in [4.69, 9.17) is 26.2 Å². The number of aliphatic hydroxyl groups excluding tert-OH is 4. The number of halogens is 1. The van der Waals surface area contributed by atoms with E-state index in [0.717, 1.165) is 0 Å². The SMILES string of the molecule is OC[C@@H]1O[C@H](Oc2ccc(Cl)cc2)[C@H](O)[C@H](O)[C@@H]1O. The summed E-state index contributed by atoms with van der Waals surface area (Å²) in [6.45, 7) is -0.495. The topological polar surface area (TPSA) is 99.4 Å². The van der Waals surface area contributed by atoms with E-state index < -0.39 is 37.3 Å². The molecular weight excluding hydrogens is 276 g/mol. The fraction of sp³-hybridized carbons (Fsp3) is 0.500. The highest BCUT2D eigenvalue weighted by molar-refractivity contribution is 6.30. The lowest BCUT2D eigenvalue weighted by Crippen LogP contribution is -2.60. The third-order valence-corrected chi connectivity index (χ3v) is 3.17. The van der Waals surface area contributed by atoms with Gasteiger partial charge in [0, 0.05) is 5.02 Å². The number of aliphatic hydroxyl groups is 4. The lowest BCUT2D eigenvalue weighted by Gasteiger charge is -2.39. The molecule has 7 heteroatoms. The second kappa shape index (κ2) is 6.04. The van der Waals surface area contributed by atoms with Crippen LogP contribution in [0.4, 0.5) is 0 Å². The molecule has 2 rings (SSSR count). The molecule has 1 aliphatic rings. The Hall–Kier alpha value is -0.890. The van der Waals surface area contributed by atoms with Crippen molar-refractivity contribution >= 4 is 11.6 Å². The number of benzene rings is 1. The Balaban J connectivity index is 2.08. The molecule has 1 aliphatic heterocycles. The molecule has 1 aromatic carbocycles. The summed E-state index contributed by atoms with van der Waals surface area (Å²) in [4.78, 5) is 0. The van der Waals surface area contributed by atoms with E-state index in [-0.39, 0.29) is 0 Å². The van der Waals surface area contributed by atoms with Gasteiger partial charge in [-0.15, -0.1) is 0 Å². The van der Waals surface area contributed by atoms with E-state index in [9.17, 15) is 15.3 Å². The first kappa shape index (κ1) is 14.5. The Morgan fingerprint density at radius 3 is 2.26 bits per heavy atom. The van der Waals surface area contributed by atoms with Crippen molar-refractivity contribution in [2.75, 3.05) is 6.61 Å². The van der Waals surface area contributed by atoms with Crippen LogP contribution in [0.3, 0.4) is 0 Å². The van der Waals surface area contributed by atoms with Crippen LogP contribution in [0.2, 0.25) is 5.02 Å². The first-order chi connectivity index (χ1) is 9.02. The molecular formula is C12H15ClO6. The highest BCUT2D eigenvalue weighted by Gasteiger charge is 2.44. The third kappa shape index (κ3) is 3.17. The minimum Gasteiger partial charge on any atom is -0.462 e. The smallest absolute Gasteiger partial charge is 0.229 e. The molecule has 5 atom stereocenters. The molecule has 6 nitrogen and oxygen atoms in total. The molecule has 1 aromatic rings. The standard InChI is InChI=1S/C12H15ClO6/c13-6-1-3-7(4-2-6)18-12-11(17)10(16)9(15)8(5-14)19-12/h1-4,8-12,14-17H,5H2/t8-,9+,10+,11+,12-/m0/s1. The second-order valence-electron chi connectivity index (χ2n) is 4.27. The molecule has 19 heavy (non-hydrogen) atoms. The zero-order chi connectivity index (χ0) is 14.0. The Kier molecular flexibility index (Phi) is 4.62. The molecule has 1 heterocycles. The van der Waals surface area contributed by atoms with Gasteiger partial charge in [0.1, 0.15) is 30.2 Å². The summed E-state index contributed by atoms with van der Waals surface area (Å²) in [5, 5.41) is 38.5. The largest absolute Gasteiger partial charge is 0.462 e. The van der Waals surface area contributed by atoms with Crippen LogP contribution in [0, 0.1) is 0 Å². The Morgan fingerprint density at radius 2 is 1.68 bits per heavy atom. The van der Waals surface area contributed by atoms with Gasteiger partial charge < -0.3 is 29.9 Å². The van der Waals surface area contributed by atoms with Gasteiger partial charge in [0.25, 0.3) is 0 Å². The van der Waals surface area contributed by atoms with Gasteiger partial charge in [0.15, 0.2) is 0 Å². The molecule has 0 radical (unpaired) electrons. The van der Waals surface area contributed by atoms with Crippen molar-refractivity contribution < 1.29 is 29.9 Å². The molecule has 0 amide bonds. The zero-order valence-corrected chi connectivity index (χ0v) is 10.6. The molecule has 0 spiro atoms. The fourth-order valence-corrected chi connectivity index (χ4v) is 1.94. The van der Waals surface area contributed by atoms with Crippen molar-refractivity contribution in [2.45, 2.75) is 30.7 Å². The predicted octanol–water partition coefficient (Wildman–Crippen LogP) is -0.481. The predicted molar refractivity (Wildman–Crippen MR) is 65.8 cm³/mol. The van der Waals surface area contributed by atoms with Crippen molar-refractivity contribution in [3.8, 4) is 5.75 Å². The fourth-order valence-electron chi connectivity index (χ4n) is 1.81. The van der Waals surface area contributed by atoms with Gasteiger partial charge in [-0.2, -0.15) is 0 Å². The first-order valence-electron chi connectivity index (χ1n) is 5.75. The quantitative estimate of drug-likeness (QED) is 0.600. The van der Waals surface area contributed by atoms with Crippen LogP contribution in [0.25, 0.3) is 0 Å². The summed E-state index contributed by atoms with van der Waals surface area (Å²) in [5.74, 6) is 0.383. The maximum absolute atomic E-state index is 9.77. The van der Waals surface area contributed by atoms with Crippen LogP contribution in [0.1, 0.15) is 0 Å². The van der Waals surface area contributed by atoms with Crippen LogP contribution < -0.4 is 4.74 Å². The molecule has 0 bridgehead atoms. The van der Waals surface area contributed by atoms with Crippen molar-refractivity contribution in [3.63, 3.8) is 0 Å². The summed E-state index contributed by atoms with van der Waals surface area (Å²) in [5.41, 5.74) is 0. The molecule has 0 saturated carbocycles. The van der Waals surface area contributed by atoms with Crippen LogP contribution in [-0.2, 0) is 4.74 Å².